The first-order chi connectivity index (χ1) is 6.40. The highest BCUT2D eigenvalue weighted by Crippen LogP contribution is 2.32. The average molecular weight is 200 g/mol. The molecule has 1 saturated heterocycles. The minimum absolute atomic E-state index is 0.187. The van der Waals surface area contributed by atoms with Gasteiger partial charge in [-0.15, -0.1) is 0 Å². The van der Waals surface area contributed by atoms with Crippen molar-refractivity contribution in [3.63, 3.8) is 0 Å². The second-order valence-corrected chi connectivity index (χ2v) is 3.98. The number of rotatable bonds is 2. The Balaban J connectivity index is 2.76. The summed E-state index contributed by atoms with van der Waals surface area (Å²) in [5.41, 5.74) is -0.575. The van der Waals surface area contributed by atoms with Crippen LogP contribution in [-0.4, -0.2) is 30.1 Å². The molecule has 1 heterocycles. The maximum absolute atomic E-state index is 11.6. The van der Waals surface area contributed by atoms with E-state index in [0.717, 1.165) is 0 Å². The van der Waals surface area contributed by atoms with Gasteiger partial charge in [0, 0.05) is 5.92 Å². The van der Waals surface area contributed by atoms with Crippen molar-refractivity contribution in [3.8, 4) is 0 Å². The molecule has 0 saturated carbocycles. The topological polar surface area (TPSA) is 52.6 Å². The Morgan fingerprint density at radius 2 is 2.14 bits per heavy atom. The first kappa shape index (κ1) is 11.2. The molecule has 0 bridgehead atoms. The Hall–Kier alpha value is -0.900. The molecule has 0 radical (unpaired) electrons. The predicted molar refractivity (Wildman–Crippen MR) is 49.8 cm³/mol. The summed E-state index contributed by atoms with van der Waals surface area (Å²) in [6.45, 7) is 7.33. The lowest BCUT2D eigenvalue weighted by Crippen LogP contribution is -2.30. The first-order valence-electron chi connectivity index (χ1n) is 4.78. The number of carbonyl (C=O) groups excluding carboxylic acids is 2. The lowest BCUT2D eigenvalue weighted by molar-refractivity contribution is -0.161. The monoisotopic (exact) mass is 200 g/mol. The van der Waals surface area contributed by atoms with Crippen LogP contribution in [0.3, 0.4) is 0 Å². The van der Waals surface area contributed by atoms with Gasteiger partial charge >= 0.3 is 5.97 Å². The van der Waals surface area contributed by atoms with Crippen LogP contribution in [0, 0.1) is 5.92 Å². The third-order valence-corrected chi connectivity index (χ3v) is 2.65. The van der Waals surface area contributed by atoms with Crippen LogP contribution >= 0.6 is 0 Å². The summed E-state index contributed by atoms with van der Waals surface area (Å²) in [6.07, 6.45) is -1.03. The summed E-state index contributed by atoms with van der Waals surface area (Å²) in [6, 6.07) is 0. The average Bonchev–Trinajstić information content (AvgIpc) is 2.30. The van der Waals surface area contributed by atoms with Gasteiger partial charge in [-0.05, 0) is 20.8 Å². The van der Waals surface area contributed by atoms with Crippen molar-refractivity contribution in [1.82, 2.24) is 0 Å². The van der Waals surface area contributed by atoms with Gasteiger partial charge in [-0.25, -0.2) is 4.79 Å². The van der Waals surface area contributed by atoms with E-state index < -0.39 is 17.7 Å². The number of ether oxygens (including phenoxy) is 2. The number of ketones is 1. The van der Waals surface area contributed by atoms with Crippen molar-refractivity contribution in [2.75, 3.05) is 6.61 Å². The highest BCUT2D eigenvalue weighted by molar-refractivity contribution is 6.04. The minimum Gasteiger partial charge on any atom is -0.464 e. The van der Waals surface area contributed by atoms with Crippen LogP contribution in [-0.2, 0) is 19.1 Å². The number of hydrogen-bond donors (Lipinski definition) is 0. The normalized spacial score (nSPS) is 30.4. The number of carbonyl (C=O) groups is 2. The Morgan fingerprint density at radius 1 is 1.57 bits per heavy atom. The van der Waals surface area contributed by atoms with Crippen molar-refractivity contribution in [2.45, 2.75) is 39.4 Å². The minimum atomic E-state index is -1.03. The van der Waals surface area contributed by atoms with Gasteiger partial charge in [-0.2, -0.15) is 0 Å². The Labute approximate surface area is 83.6 Å². The largest absolute Gasteiger partial charge is 0.464 e. The lowest BCUT2D eigenvalue weighted by Gasteiger charge is -2.20. The molecule has 1 fully saturated rings. The van der Waals surface area contributed by atoms with Crippen LogP contribution in [0.15, 0.2) is 0 Å². The zero-order valence-electron chi connectivity index (χ0n) is 8.99. The van der Waals surface area contributed by atoms with Crippen LogP contribution in [0.25, 0.3) is 0 Å². The quantitative estimate of drug-likeness (QED) is 0.491. The summed E-state index contributed by atoms with van der Waals surface area (Å²) in [4.78, 5) is 22.9. The molecule has 0 aromatic heterocycles. The molecule has 0 aromatic carbocycles. The smallest absolute Gasteiger partial charge is 0.343 e. The Morgan fingerprint density at radius 3 is 2.50 bits per heavy atom. The molecule has 1 aliphatic heterocycles. The fourth-order valence-electron chi connectivity index (χ4n) is 1.42. The first-order valence-corrected chi connectivity index (χ1v) is 4.78. The lowest BCUT2D eigenvalue weighted by atomic mass is 9.91. The molecule has 4 heteroatoms. The van der Waals surface area contributed by atoms with Gasteiger partial charge in [0.05, 0.1) is 12.2 Å². The molecule has 1 aliphatic rings. The van der Waals surface area contributed by atoms with Gasteiger partial charge in [0.1, 0.15) is 0 Å². The summed E-state index contributed by atoms with van der Waals surface area (Å²) in [7, 11) is 0. The van der Waals surface area contributed by atoms with E-state index in [1.165, 1.54) is 0 Å². The molecule has 0 aliphatic carbocycles. The summed E-state index contributed by atoms with van der Waals surface area (Å²) < 4.78 is 10.1. The van der Waals surface area contributed by atoms with E-state index in [0.29, 0.717) is 0 Å². The van der Waals surface area contributed by atoms with E-state index in [-0.39, 0.29) is 18.3 Å². The molecular weight excluding hydrogens is 184 g/mol. The van der Waals surface area contributed by atoms with Crippen LogP contribution in [0.1, 0.15) is 27.7 Å². The second kappa shape index (κ2) is 3.69. The van der Waals surface area contributed by atoms with E-state index in [1.54, 1.807) is 27.7 Å². The Bertz CT molecular complexity index is 257. The maximum Gasteiger partial charge on any atom is 0.343 e. The van der Waals surface area contributed by atoms with E-state index in [4.69, 9.17) is 9.47 Å². The van der Waals surface area contributed by atoms with Gasteiger partial charge in [0.25, 0.3) is 0 Å². The third-order valence-electron chi connectivity index (χ3n) is 2.65. The number of Topliss-reactive ketones (excluding diaryl/α,β-unsaturated/α-hetero) is 1. The van der Waals surface area contributed by atoms with Crippen molar-refractivity contribution >= 4 is 11.8 Å². The van der Waals surface area contributed by atoms with Crippen molar-refractivity contribution < 1.29 is 19.1 Å². The van der Waals surface area contributed by atoms with E-state index in [2.05, 4.69) is 0 Å². The molecule has 0 amide bonds. The zero-order valence-corrected chi connectivity index (χ0v) is 8.99. The maximum atomic E-state index is 11.6. The summed E-state index contributed by atoms with van der Waals surface area (Å²) in [5.74, 6) is -1.03. The van der Waals surface area contributed by atoms with E-state index in [1.807, 2.05) is 0 Å². The molecule has 2 atom stereocenters. The predicted octanol–water partition coefficient (Wildman–Crippen LogP) is 0.932. The summed E-state index contributed by atoms with van der Waals surface area (Å²) in [5, 5.41) is 0. The third kappa shape index (κ3) is 1.80. The van der Waals surface area contributed by atoms with Gasteiger partial charge in [0.2, 0.25) is 6.10 Å². The van der Waals surface area contributed by atoms with Crippen molar-refractivity contribution in [3.05, 3.63) is 0 Å². The summed E-state index contributed by atoms with van der Waals surface area (Å²) >= 11 is 0. The number of esters is 1. The van der Waals surface area contributed by atoms with Crippen molar-refractivity contribution in [1.29, 1.82) is 0 Å². The van der Waals surface area contributed by atoms with Gasteiger partial charge < -0.3 is 9.47 Å². The molecule has 4 nitrogen and oxygen atoms in total. The highest BCUT2D eigenvalue weighted by Gasteiger charge is 2.49. The molecular formula is C10H16O4. The van der Waals surface area contributed by atoms with Crippen LogP contribution in [0.2, 0.25) is 0 Å². The van der Waals surface area contributed by atoms with Gasteiger partial charge in [-0.3, -0.25) is 4.79 Å². The van der Waals surface area contributed by atoms with E-state index >= 15 is 0 Å². The van der Waals surface area contributed by atoms with Crippen LogP contribution < -0.4 is 0 Å². The fraction of sp³-hybridized carbons (Fsp3) is 0.800. The molecule has 0 aromatic rings. The zero-order chi connectivity index (χ0) is 10.9. The molecule has 1 rings (SSSR count). The molecule has 14 heavy (non-hydrogen) atoms. The van der Waals surface area contributed by atoms with Gasteiger partial charge in [-0.1, -0.05) is 6.92 Å². The molecule has 2 unspecified atom stereocenters. The fourth-order valence-corrected chi connectivity index (χ4v) is 1.42. The van der Waals surface area contributed by atoms with Crippen molar-refractivity contribution in [2.24, 2.45) is 5.92 Å². The van der Waals surface area contributed by atoms with Crippen LogP contribution in [0.4, 0.5) is 0 Å². The van der Waals surface area contributed by atoms with Gasteiger partial charge in [0.15, 0.2) is 5.78 Å². The van der Waals surface area contributed by atoms with E-state index in [9.17, 15) is 9.59 Å². The van der Waals surface area contributed by atoms with Crippen LogP contribution in [0.5, 0.6) is 0 Å². The SMILES string of the molecule is CCOC(=O)C1OC(C)(C)C(C)C1=O. The number of hydrogen-bond acceptors (Lipinski definition) is 4. The standard InChI is InChI=1S/C10H16O4/c1-5-13-9(12)8-7(11)6(2)10(3,4)14-8/h6,8H,5H2,1-4H3. The molecule has 0 spiro atoms. The molecule has 80 valence electrons. The highest BCUT2D eigenvalue weighted by atomic mass is 16.6. The second-order valence-electron chi connectivity index (χ2n) is 3.98. The Kier molecular flexibility index (Phi) is 2.95. The molecule has 0 N–H and O–H groups in total.